The molecular formula is C10H13BrClNOS. The van der Waals surface area contributed by atoms with Gasteiger partial charge in [0.05, 0.1) is 8.66 Å². The van der Waals surface area contributed by atoms with Gasteiger partial charge < -0.3 is 5.32 Å². The number of carbonyl (C=O) groups excluding carboxylic acids is 1. The molecule has 1 aromatic rings. The van der Waals surface area contributed by atoms with Gasteiger partial charge in [0, 0.05) is 11.9 Å². The predicted octanol–water partition coefficient (Wildman–Crippen LogP) is 3.50. The summed E-state index contributed by atoms with van der Waals surface area (Å²) in [5, 5.41) is 2.91. The van der Waals surface area contributed by atoms with E-state index >= 15 is 0 Å². The molecule has 1 rings (SSSR count). The van der Waals surface area contributed by atoms with Crippen molar-refractivity contribution in [2.45, 2.75) is 19.9 Å². The summed E-state index contributed by atoms with van der Waals surface area (Å²) in [4.78, 5) is 12.5. The molecule has 0 saturated carbocycles. The van der Waals surface area contributed by atoms with Crippen molar-refractivity contribution in [1.82, 2.24) is 5.32 Å². The van der Waals surface area contributed by atoms with Gasteiger partial charge in [-0.25, -0.2) is 0 Å². The maximum atomic E-state index is 11.8. The minimum absolute atomic E-state index is 0.0278. The molecule has 15 heavy (non-hydrogen) atoms. The number of hydrogen-bond donors (Lipinski definition) is 1. The Hall–Kier alpha value is -0.0600. The monoisotopic (exact) mass is 309 g/mol. The van der Waals surface area contributed by atoms with Crippen molar-refractivity contribution in [2.75, 3.05) is 5.88 Å². The third-order valence-electron chi connectivity index (χ3n) is 2.08. The molecule has 0 fully saturated rings. The lowest BCUT2D eigenvalue weighted by atomic mass is 10.1. The molecular weight excluding hydrogens is 298 g/mol. The lowest BCUT2D eigenvalue weighted by Gasteiger charge is -2.19. The minimum Gasteiger partial charge on any atom is -0.347 e. The highest BCUT2D eigenvalue weighted by Gasteiger charge is 2.16. The van der Waals surface area contributed by atoms with Crippen LogP contribution in [0.15, 0.2) is 15.9 Å². The number of halogens is 2. The van der Waals surface area contributed by atoms with E-state index in [-0.39, 0.29) is 11.9 Å². The van der Waals surface area contributed by atoms with E-state index in [0.717, 1.165) is 3.79 Å². The zero-order valence-corrected chi connectivity index (χ0v) is 11.7. The zero-order chi connectivity index (χ0) is 11.4. The van der Waals surface area contributed by atoms with E-state index in [0.29, 0.717) is 16.7 Å². The Bertz CT molecular complexity index is 340. The highest BCUT2D eigenvalue weighted by Crippen LogP contribution is 2.22. The Balaban J connectivity index is 2.62. The number of rotatable bonds is 4. The van der Waals surface area contributed by atoms with Crippen molar-refractivity contribution in [1.29, 1.82) is 0 Å². The van der Waals surface area contributed by atoms with E-state index in [1.807, 2.05) is 19.9 Å². The van der Waals surface area contributed by atoms with Crippen molar-refractivity contribution in [3.8, 4) is 0 Å². The van der Waals surface area contributed by atoms with Crippen LogP contribution in [0.3, 0.4) is 0 Å². The molecule has 1 amide bonds. The van der Waals surface area contributed by atoms with Gasteiger partial charge in [-0.1, -0.05) is 13.8 Å². The summed E-state index contributed by atoms with van der Waals surface area (Å²) in [5.41, 5.74) is 0. The van der Waals surface area contributed by atoms with Crippen LogP contribution in [0.5, 0.6) is 0 Å². The van der Waals surface area contributed by atoms with Crippen LogP contribution in [0.4, 0.5) is 0 Å². The van der Waals surface area contributed by atoms with E-state index in [2.05, 4.69) is 21.2 Å². The van der Waals surface area contributed by atoms with Crippen LogP contribution in [-0.4, -0.2) is 17.8 Å². The van der Waals surface area contributed by atoms with Gasteiger partial charge in [0.2, 0.25) is 0 Å². The van der Waals surface area contributed by atoms with Gasteiger partial charge in [0.25, 0.3) is 5.91 Å². The third kappa shape index (κ3) is 3.78. The molecule has 0 aromatic carbocycles. The fraction of sp³-hybridized carbons (Fsp3) is 0.500. The first-order valence-electron chi connectivity index (χ1n) is 4.66. The molecule has 2 nitrogen and oxygen atoms in total. The minimum atomic E-state index is -0.0509. The lowest BCUT2D eigenvalue weighted by molar-refractivity contribution is 0.0935. The zero-order valence-electron chi connectivity index (χ0n) is 8.59. The first-order chi connectivity index (χ1) is 7.04. The Morgan fingerprint density at radius 1 is 1.60 bits per heavy atom. The summed E-state index contributed by atoms with van der Waals surface area (Å²) in [7, 11) is 0. The highest BCUT2D eigenvalue weighted by atomic mass is 79.9. The molecule has 0 aliphatic carbocycles. The summed E-state index contributed by atoms with van der Waals surface area (Å²) >= 11 is 10.5. The fourth-order valence-corrected chi connectivity index (χ4v) is 2.78. The van der Waals surface area contributed by atoms with Crippen molar-refractivity contribution < 1.29 is 4.79 Å². The molecule has 0 aliphatic rings. The molecule has 1 heterocycles. The number of thiophene rings is 1. The lowest BCUT2D eigenvalue weighted by Crippen LogP contribution is -2.39. The maximum Gasteiger partial charge on any atom is 0.261 e. The molecule has 0 spiro atoms. The summed E-state index contributed by atoms with van der Waals surface area (Å²) in [6.45, 7) is 4.08. The van der Waals surface area contributed by atoms with E-state index in [9.17, 15) is 4.79 Å². The predicted molar refractivity (Wildman–Crippen MR) is 68.8 cm³/mol. The van der Waals surface area contributed by atoms with Gasteiger partial charge in [-0.15, -0.1) is 22.9 Å². The normalized spacial score (nSPS) is 12.9. The smallest absolute Gasteiger partial charge is 0.261 e. The SMILES string of the molecule is CC(C)C(CCl)NC(=O)c1ccc(Br)s1. The molecule has 1 atom stereocenters. The summed E-state index contributed by atoms with van der Waals surface area (Å²) in [6, 6.07) is 3.69. The number of alkyl halides is 1. The molecule has 0 radical (unpaired) electrons. The number of nitrogens with one attached hydrogen (secondary N) is 1. The number of amides is 1. The topological polar surface area (TPSA) is 29.1 Å². The van der Waals surface area contributed by atoms with Crippen molar-refractivity contribution in [3.63, 3.8) is 0 Å². The summed E-state index contributed by atoms with van der Waals surface area (Å²) in [5.74, 6) is 0.732. The maximum absolute atomic E-state index is 11.8. The molecule has 1 aromatic heterocycles. The number of carbonyl (C=O) groups is 1. The van der Waals surface area contributed by atoms with Crippen LogP contribution in [0.2, 0.25) is 0 Å². The third-order valence-corrected chi connectivity index (χ3v) is 4.04. The van der Waals surface area contributed by atoms with Crippen molar-refractivity contribution in [3.05, 3.63) is 20.8 Å². The average Bonchev–Trinajstić information content (AvgIpc) is 2.60. The molecule has 5 heteroatoms. The Morgan fingerprint density at radius 2 is 2.27 bits per heavy atom. The highest BCUT2D eigenvalue weighted by molar-refractivity contribution is 9.11. The van der Waals surface area contributed by atoms with Crippen LogP contribution in [0.1, 0.15) is 23.5 Å². The van der Waals surface area contributed by atoms with Crippen LogP contribution in [-0.2, 0) is 0 Å². The molecule has 84 valence electrons. The quantitative estimate of drug-likeness (QED) is 0.847. The summed E-state index contributed by atoms with van der Waals surface area (Å²) in [6.07, 6.45) is 0. The van der Waals surface area contributed by atoms with Crippen LogP contribution in [0, 0.1) is 5.92 Å². The van der Waals surface area contributed by atoms with Gasteiger partial charge in [-0.2, -0.15) is 0 Å². The van der Waals surface area contributed by atoms with Crippen molar-refractivity contribution >= 4 is 44.8 Å². The van der Waals surface area contributed by atoms with Gasteiger partial charge in [-0.3, -0.25) is 4.79 Å². The molecule has 0 aliphatic heterocycles. The fourth-order valence-electron chi connectivity index (χ4n) is 1.06. The Kier molecular flexibility index (Phi) is 5.09. The van der Waals surface area contributed by atoms with Gasteiger partial charge in [-0.05, 0) is 34.0 Å². The molecule has 0 saturated heterocycles. The van der Waals surface area contributed by atoms with Gasteiger partial charge >= 0.3 is 0 Å². The van der Waals surface area contributed by atoms with Gasteiger partial charge in [0.1, 0.15) is 0 Å². The molecule has 1 N–H and O–H groups in total. The Labute approximate surface area is 107 Å². The van der Waals surface area contributed by atoms with E-state index < -0.39 is 0 Å². The van der Waals surface area contributed by atoms with Gasteiger partial charge in [0.15, 0.2) is 0 Å². The second-order valence-corrected chi connectivity index (χ2v) is 6.35. The van der Waals surface area contributed by atoms with Crippen LogP contribution >= 0.6 is 38.9 Å². The van der Waals surface area contributed by atoms with Crippen LogP contribution < -0.4 is 5.32 Å². The molecule has 0 bridgehead atoms. The number of hydrogen-bond acceptors (Lipinski definition) is 2. The van der Waals surface area contributed by atoms with Crippen molar-refractivity contribution in [2.24, 2.45) is 5.92 Å². The Morgan fingerprint density at radius 3 is 2.67 bits per heavy atom. The van der Waals surface area contributed by atoms with E-state index in [1.165, 1.54) is 11.3 Å². The first kappa shape index (κ1) is 13.0. The van der Waals surface area contributed by atoms with E-state index in [1.54, 1.807) is 6.07 Å². The standard InChI is InChI=1S/C10H13BrClNOS/c1-6(2)7(5-12)13-10(14)8-3-4-9(11)15-8/h3-4,6-7H,5H2,1-2H3,(H,13,14). The second-order valence-electron chi connectivity index (χ2n) is 3.58. The van der Waals surface area contributed by atoms with Crippen LogP contribution in [0.25, 0.3) is 0 Å². The average molecular weight is 311 g/mol. The molecule has 1 unspecified atom stereocenters. The van der Waals surface area contributed by atoms with E-state index in [4.69, 9.17) is 11.6 Å². The summed E-state index contributed by atoms with van der Waals surface area (Å²) < 4.78 is 0.958. The second kappa shape index (κ2) is 5.87. The first-order valence-corrected chi connectivity index (χ1v) is 6.81. The largest absolute Gasteiger partial charge is 0.347 e.